The zero-order chi connectivity index (χ0) is 15.5. The number of aryl methyl sites for hydroxylation is 1. The monoisotopic (exact) mass is 336 g/mol. The quantitative estimate of drug-likeness (QED) is 0.540. The highest BCUT2D eigenvalue weighted by atomic mass is 35.5. The van der Waals surface area contributed by atoms with E-state index < -0.39 is 0 Å². The summed E-state index contributed by atoms with van der Waals surface area (Å²) in [6.45, 7) is 0.516. The molecule has 0 radical (unpaired) electrons. The lowest BCUT2D eigenvalue weighted by atomic mass is 10.3. The zero-order valence-electron chi connectivity index (χ0n) is 11.7. The molecule has 0 saturated carbocycles. The molecular formula is C16H14Cl2N2O2. The van der Waals surface area contributed by atoms with Crippen LogP contribution in [-0.2, 0) is 6.42 Å². The Labute approximate surface area is 137 Å². The van der Waals surface area contributed by atoms with E-state index in [1.165, 1.54) is 0 Å². The van der Waals surface area contributed by atoms with Crippen molar-refractivity contribution in [1.82, 2.24) is 4.98 Å². The van der Waals surface area contributed by atoms with Crippen molar-refractivity contribution in [3.05, 3.63) is 52.3 Å². The number of nitrogens with zero attached hydrogens (tertiary/aromatic N) is 1. The smallest absolute Gasteiger partial charge is 0.195 e. The van der Waals surface area contributed by atoms with E-state index >= 15 is 0 Å². The number of aromatic nitrogens is 1. The van der Waals surface area contributed by atoms with Crippen molar-refractivity contribution in [2.24, 2.45) is 0 Å². The molecule has 1 heterocycles. The average molecular weight is 337 g/mol. The summed E-state index contributed by atoms with van der Waals surface area (Å²) >= 11 is 11.9. The number of oxazole rings is 1. The number of nitrogen functional groups attached to an aromatic ring is 1. The first-order valence-corrected chi connectivity index (χ1v) is 7.60. The van der Waals surface area contributed by atoms with Crippen molar-refractivity contribution in [3.63, 3.8) is 0 Å². The maximum absolute atomic E-state index is 6.04. The lowest BCUT2D eigenvalue weighted by Crippen LogP contribution is -2.00. The van der Waals surface area contributed by atoms with Gasteiger partial charge in [0, 0.05) is 23.2 Å². The second-order valence-electron chi connectivity index (χ2n) is 4.86. The van der Waals surface area contributed by atoms with Crippen LogP contribution >= 0.6 is 23.2 Å². The molecule has 4 nitrogen and oxygen atoms in total. The predicted molar refractivity (Wildman–Crippen MR) is 88.7 cm³/mol. The van der Waals surface area contributed by atoms with Gasteiger partial charge < -0.3 is 14.9 Å². The van der Waals surface area contributed by atoms with E-state index in [-0.39, 0.29) is 0 Å². The highest BCUT2D eigenvalue weighted by molar-refractivity contribution is 6.35. The van der Waals surface area contributed by atoms with E-state index in [2.05, 4.69) is 4.98 Å². The Morgan fingerprint density at radius 2 is 2.00 bits per heavy atom. The van der Waals surface area contributed by atoms with Gasteiger partial charge >= 0.3 is 0 Å². The van der Waals surface area contributed by atoms with Crippen LogP contribution in [0.2, 0.25) is 10.0 Å². The van der Waals surface area contributed by atoms with Crippen LogP contribution < -0.4 is 10.5 Å². The fourth-order valence-corrected chi connectivity index (χ4v) is 2.56. The molecule has 0 aliphatic carbocycles. The Morgan fingerprint density at radius 3 is 2.82 bits per heavy atom. The minimum absolute atomic E-state index is 0.504. The van der Waals surface area contributed by atoms with Crippen molar-refractivity contribution in [2.45, 2.75) is 12.8 Å². The minimum Gasteiger partial charge on any atom is -0.492 e. The van der Waals surface area contributed by atoms with Gasteiger partial charge in [0.1, 0.15) is 11.3 Å². The van der Waals surface area contributed by atoms with Crippen molar-refractivity contribution >= 4 is 40.0 Å². The average Bonchev–Trinajstić information content (AvgIpc) is 2.87. The fourth-order valence-electron chi connectivity index (χ4n) is 2.09. The van der Waals surface area contributed by atoms with Gasteiger partial charge in [0.15, 0.2) is 11.5 Å². The molecule has 0 aliphatic heterocycles. The van der Waals surface area contributed by atoms with Gasteiger partial charge in [-0.2, -0.15) is 0 Å². The van der Waals surface area contributed by atoms with Crippen molar-refractivity contribution in [2.75, 3.05) is 12.3 Å². The number of hydrogen-bond donors (Lipinski definition) is 1. The van der Waals surface area contributed by atoms with Crippen LogP contribution in [0, 0.1) is 0 Å². The number of anilines is 1. The third kappa shape index (κ3) is 3.46. The summed E-state index contributed by atoms with van der Waals surface area (Å²) in [6.07, 6.45) is 1.45. The van der Waals surface area contributed by atoms with Gasteiger partial charge in [-0.05, 0) is 36.8 Å². The molecule has 0 atom stereocenters. The second-order valence-corrected chi connectivity index (χ2v) is 5.71. The third-order valence-corrected chi connectivity index (χ3v) is 3.67. The van der Waals surface area contributed by atoms with E-state index in [0.29, 0.717) is 46.0 Å². The van der Waals surface area contributed by atoms with Crippen LogP contribution in [0.4, 0.5) is 5.69 Å². The molecular weight excluding hydrogens is 323 g/mol. The summed E-state index contributed by atoms with van der Waals surface area (Å²) < 4.78 is 11.3. The molecule has 2 aromatic carbocycles. The standard InChI is InChI=1S/C16H14Cl2N2O2/c17-10-3-6-14(12(18)8-10)21-7-1-2-16-20-13-5-4-11(19)9-15(13)22-16/h3-6,8-9H,1-2,7,19H2. The molecule has 0 fully saturated rings. The Hall–Kier alpha value is -1.91. The normalized spacial score (nSPS) is 11.0. The number of rotatable bonds is 5. The summed E-state index contributed by atoms with van der Waals surface area (Å²) in [4.78, 5) is 4.41. The molecule has 0 aliphatic rings. The van der Waals surface area contributed by atoms with E-state index in [1.807, 2.05) is 6.07 Å². The van der Waals surface area contributed by atoms with E-state index in [9.17, 15) is 0 Å². The van der Waals surface area contributed by atoms with Crippen molar-refractivity contribution in [3.8, 4) is 5.75 Å². The molecule has 1 aromatic heterocycles. The summed E-state index contributed by atoms with van der Waals surface area (Å²) in [7, 11) is 0. The summed E-state index contributed by atoms with van der Waals surface area (Å²) in [5.41, 5.74) is 7.89. The number of fused-ring (bicyclic) bond motifs is 1. The first-order valence-electron chi connectivity index (χ1n) is 6.84. The highest BCUT2D eigenvalue weighted by Crippen LogP contribution is 2.27. The number of benzene rings is 2. The first kappa shape index (κ1) is 15.0. The number of hydrogen-bond acceptors (Lipinski definition) is 4. The number of halogens is 2. The van der Waals surface area contributed by atoms with Crippen LogP contribution in [0.25, 0.3) is 11.1 Å². The largest absolute Gasteiger partial charge is 0.492 e. The van der Waals surface area contributed by atoms with Crippen LogP contribution in [0.1, 0.15) is 12.3 Å². The highest BCUT2D eigenvalue weighted by Gasteiger charge is 2.07. The van der Waals surface area contributed by atoms with E-state index in [4.69, 9.17) is 38.1 Å². The number of nitrogens with two attached hydrogens (primary N) is 1. The molecule has 0 spiro atoms. The zero-order valence-corrected chi connectivity index (χ0v) is 13.2. The molecule has 6 heteroatoms. The maximum atomic E-state index is 6.04. The van der Waals surface area contributed by atoms with Gasteiger partial charge in [0.05, 0.1) is 11.6 Å². The van der Waals surface area contributed by atoms with Crippen LogP contribution in [0.15, 0.2) is 40.8 Å². The SMILES string of the molecule is Nc1ccc2nc(CCCOc3ccc(Cl)cc3Cl)oc2c1. The Morgan fingerprint density at radius 1 is 1.14 bits per heavy atom. The summed E-state index contributed by atoms with van der Waals surface area (Å²) in [6, 6.07) is 10.6. The van der Waals surface area contributed by atoms with Crippen molar-refractivity contribution < 1.29 is 9.15 Å². The lowest BCUT2D eigenvalue weighted by molar-refractivity contribution is 0.306. The van der Waals surface area contributed by atoms with Gasteiger partial charge in [0.2, 0.25) is 0 Å². The molecule has 3 aromatic rings. The van der Waals surface area contributed by atoms with Crippen LogP contribution in [-0.4, -0.2) is 11.6 Å². The molecule has 0 bridgehead atoms. The fraction of sp³-hybridized carbons (Fsp3) is 0.188. The molecule has 22 heavy (non-hydrogen) atoms. The Bertz CT molecular complexity index is 802. The lowest BCUT2D eigenvalue weighted by Gasteiger charge is -2.07. The Balaban J connectivity index is 1.55. The minimum atomic E-state index is 0.504. The topological polar surface area (TPSA) is 61.3 Å². The van der Waals surface area contributed by atoms with Gasteiger partial charge in [-0.3, -0.25) is 0 Å². The molecule has 114 valence electrons. The van der Waals surface area contributed by atoms with Crippen LogP contribution in [0.5, 0.6) is 5.75 Å². The van der Waals surface area contributed by atoms with E-state index in [0.717, 1.165) is 11.9 Å². The molecule has 2 N–H and O–H groups in total. The first-order chi connectivity index (χ1) is 10.6. The van der Waals surface area contributed by atoms with E-state index in [1.54, 1.807) is 30.3 Å². The summed E-state index contributed by atoms with van der Waals surface area (Å²) in [5, 5.41) is 1.09. The third-order valence-electron chi connectivity index (χ3n) is 3.14. The molecule has 0 unspecified atom stereocenters. The molecule has 0 saturated heterocycles. The molecule has 0 amide bonds. The molecule has 3 rings (SSSR count). The van der Waals surface area contributed by atoms with Gasteiger partial charge in [-0.1, -0.05) is 23.2 Å². The van der Waals surface area contributed by atoms with Crippen molar-refractivity contribution in [1.29, 1.82) is 0 Å². The van der Waals surface area contributed by atoms with Gasteiger partial charge in [-0.25, -0.2) is 4.98 Å². The maximum Gasteiger partial charge on any atom is 0.195 e. The van der Waals surface area contributed by atoms with Gasteiger partial charge in [0.25, 0.3) is 0 Å². The van der Waals surface area contributed by atoms with Crippen LogP contribution in [0.3, 0.4) is 0 Å². The Kier molecular flexibility index (Phi) is 4.41. The predicted octanol–water partition coefficient (Wildman–Crippen LogP) is 4.73. The summed E-state index contributed by atoms with van der Waals surface area (Å²) in [5.74, 6) is 1.29. The second kappa shape index (κ2) is 6.46. The van der Waals surface area contributed by atoms with Gasteiger partial charge in [-0.15, -0.1) is 0 Å². The number of ether oxygens (including phenoxy) is 1.